The van der Waals surface area contributed by atoms with Crippen molar-refractivity contribution in [2.45, 2.75) is 44.9 Å². The smallest absolute Gasteiger partial charge is 0.227 e. The molecule has 1 aromatic rings. The zero-order valence-corrected chi connectivity index (χ0v) is 18.1. The lowest BCUT2D eigenvalue weighted by Gasteiger charge is -2.41. The molecule has 0 bridgehead atoms. The monoisotopic (exact) mass is 418 g/mol. The van der Waals surface area contributed by atoms with E-state index in [-0.39, 0.29) is 35.4 Å². The molecule has 1 aliphatic carbocycles. The fourth-order valence-corrected chi connectivity index (χ4v) is 6.00. The third kappa shape index (κ3) is 4.62. The van der Waals surface area contributed by atoms with Gasteiger partial charge in [0.1, 0.15) is 5.82 Å². The summed E-state index contributed by atoms with van der Waals surface area (Å²) < 4.78 is 13.8. The van der Waals surface area contributed by atoms with Gasteiger partial charge in [0.05, 0.1) is 5.92 Å². The van der Waals surface area contributed by atoms with Crippen LogP contribution >= 0.6 is 11.8 Å². The van der Waals surface area contributed by atoms with Gasteiger partial charge in [-0.15, -0.1) is 0 Å². The normalized spacial score (nSPS) is 26.0. The lowest BCUT2D eigenvalue weighted by atomic mass is 9.82. The van der Waals surface area contributed by atoms with Gasteiger partial charge in [0.2, 0.25) is 11.8 Å². The summed E-state index contributed by atoms with van der Waals surface area (Å²) in [4.78, 5) is 30.4. The molecule has 1 aromatic carbocycles. The maximum Gasteiger partial charge on any atom is 0.227 e. The fourth-order valence-electron chi connectivity index (χ4n) is 5.09. The van der Waals surface area contributed by atoms with E-state index in [0.29, 0.717) is 18.7 Å². The highest BCUT2D eigenvalue weighted by Gasteiger charge is 2.38. The minimum atomic E-state index is -0.207. The molecule has 158 valence electrons. The Hall–Kier alpha value is -1.56. The molecule has 0 unspecified atom stereocenters. The van der Waals surface area contributed by atoms with E-state index in [0.717, 1.165) is 62.3 Å². The van der Waals surface area contributed by atoms with Crippen LogP contribution in [0.25, 0.3) is 0 Å². The lowest BCUT2D eigenvalue weighted by molar-refractivity contribution is -0.143. The van der Waals surface area contributed by atoms with Crippen LogP contribution in [-0.2, 0) is 9.59 Å². The van der Waals surface area contributed by atoms with Gasteiger partial charge in [-0.2, -0.15) is 11.8 Å². The first-order chi connectivity index (χ1) is 14.0. The number of aryl methyl sites for hydroxylation is 1. The zero-order valence-electron chi connectivity index (χ0n) is 17.2. The molecule has 3 fully saturated rings. The molecule has 6 heteroatoms. The molecule has 0 N–H and O–H groups in total. The van der Waals surface area contributed by atoms with Gasteiger partial charge in [-0.05, 0) is 43.4 Å². The van der Waals surface area contributed by atoms with E-state index in [1.807, 2.05) is 33.7 Å². The van der Waals surface area contributed by atoms with Crippen LogP contribution in [0.2, 0.25) is 0 Å². The van der Waals surface area contributed by atoms with Crippen LogP contribution in [0.5, 0.6) is 0 Å². The van der Waals surface area contributed by atoms with Crippen molar-refractivity contribution in [2.75, 3.05) is 37.7 Å². The molecule has 2 atom stereocenters. The van der Waals surface area contributed by atoms with Gasteiger partial charge in [0.15, 0.2) is 0 Å². The van der Waals surface area contributed by atoms with Crippen molar-refractivity contribution in [3.63, 3.8) is 0 Å². The molecule has 2 heterocycles. The minimum absolute atomic E-state index is 0.0847. The number of benzene rings is 1. The van der Waals surface area contributed by atoms with E-state index in [9.17, 15) is 14.0 Å². The number of amides is 2. The number of thioether (sulfide) groups is 1. The van der Waals surface area contributed by atoms with E-state index >= 15 is 0 Å². The van der Waals surface area contributed by atoms with E-state index in [4.69, 9.17) is 0 Å². The minimum Gasteiger partial charge on any atom is -0.341 e. The first-order valence-corrected chi connectivity index (χ1v) is 12.1. The molecule has 0 aromatic heterocycles. The second-order valence-electron chi connectivity index (χ2n) is 8.80. The molecule has 4 nitrogen and oxygen atoms in total. The third-order valence-electron chi connectivity index (χ3n) is 6.79. The van der Waals surface area contributed by atoms with E-state index in [1.165, 1.54) is 6.07 Å². The Bertz CT molecular complexity index is 759. The van der Waals surface area contributed by atoms with Crippen LogP contribution in [0.15, 0.2) is 18.2 Å². The van der Waals surface area contributed by atoms with E-state index < -0.39 is 0 Å². The van der Waals surface area contributed by atoms with Crippen LogP contribution in [0.1, 0.15) is 49.1 Å². The number of rotatable bonds is 3. The SMILES string of the molecule is Cc1cc([C@@H]2C[C@@H](C(=O)N3CCSCC3)CN(C(=O)C3CCCC3)C2)ccc1F. The quantitative estimate of drug-likeness (QED) is 0.749. The number of carbonyl (C=O) groups is 2. The molecule has 2 aliphatic heterocycles. The average Bonchev–Trinajstić information content (AvgIpc) is 3.30. The van der Waals surface area contributed by atoms with Crippen molar-refractivity contribution in [3.05, 3.63) is 35.1 Å². The van der Waals surface area contributed by atoms with Gasteiger partial charge < -0.3 is 9.80 Å². The first-order valence-electron chi connectivity index (χ1n) is 10.9. The van der Waals surface area contributed by atoms with Crippen molar-refractivity contribution in [1.29, 1.82) is 0 Å². The Morgan fingerprint density at radius 2 is 1.69 bits per heavy atom. The Kier molecular flexibility index (Phi) is 6.47. The van der Waals surface area contributed by atoms with Crippen molar-refractivity contribution in [2.24, 2.45) is 11.8 Å². The van der Waals surface area contributed by atoms with Gasteiger partial charge in [0.25, 0.3) is 0 Å². The molecule has 2 saturated heterocycles. The number of hydrogen-bond acceptors (Lipinski definition) is 3. The van der Waals surface area contributed by atoms with E-state index in [2.05, 4.69) is 0 Å². The van der Waals surface area contributed by atoms with Gasteiger partial charge in [-0.3, -0.25) is 9.59 Å². The van der Waals surface area contributed by atoms with Crippen molar-refractivity contribution in [1.82, 2.24) is 9.80 Å². The molecule has 0 radical (unpaired) electrons. The Morgan fingerprint density at radius 3 is 2.38 bits per heavy atom. The highest BCUT2D eigenvalue weighted by molar-refractivity contribution is 7.99. The summed E-state index contributed by atoms with van der Waals surface area (Å²) in [6.07, 6.45) is 4.93. The van der Waals surface area contributed by atoms with E-state index in [1.54, 1.807) is 6.92 Å². The summed E-state index contributed by atoms with van der Waals surface area (Å²) in [7, 11) is 0. The first kappa shape index (κ1) is 20.7. The van der Waals surface area contributed by atoms with Crippen molar-refractivity contribution in [3.8, 4) is 0 Å². The molecule has 2 amide bonds. The molecular formula is C23H31FN2O2S. The van der Waals surface area contributed by atoms with Gasteiger partial charge >= 0.3 is 0 Å². The molecule has 29 heavy (non-hydrogen) atoms. The van der Waals surface area contributed by atoms with Crippen LogP contribution in [-0.4, -0.2) is 59.3 Å². The van der Waals surface area contributed by atoms with Gasteiger partial charge in [-0.1, -0.05) is 25.0 Å². The van der Waals surface area contributed by atoms with Gasteiger partial charge in [0, 0.05) is 49.5 Å². The van der Waals surface area contributed by atoms with Crippen molar-refractivity contribution >= 4 is 23.6 Å². The van der Waals surface area contributed by atoms with Crippen LogP contribution in [0, 0.1) is 24.6 Å². The van der Waals surface area contributed by atoms with Gasteiger partial charge in [-0.25, -0.2) is 4.39 Å². The number of carbonyl (C=O) groups excluding carboxylic acids is 2. The maximum atomic E-state index is 13.8. The lowest BCUT2D eigenvalue weighted by Crippen LogP contribution is -2.51. The number of likely N-dealkylation sites (tertiary alicyclic amines) is 1. The molecule has 3 aliphatic rings. The Balaban J connectivity index is 1.56. The summed E-state index contributed by atoms with van der Waals surface area (Å²) in [6, 6.07) is 5.24. The number of piperidine rings is 1. The predicted octanol–water partition coefficient (Wildman–Crippen LogP) is 3.83. The van der Waals surface area contributed by atoms with Crippen LogP contribution in [0.3, 0.4) is 0 Å². The maximum absolute atomic E-state index is 13.8. The molecule has 1 saturated carbocycles. The van der Waals surface area contributed by atoms with Crippen molar-refractivity contribution < 1.29 is 14.0 Å². The van der Waals surface area contributed by atoms with Crippen LogP contribution in [0.4, 0.5) is 4.39 Å². The second kappa shape index (κ2) is 9.07. The zero-order chi connectivity index (χ0) is 20.4. The number of halogens is 1. The summed E-state index contributed by atoms with van der Waals surface area (Å²) in [6.45, 7) is 4.56. The summed E-state index contributed by atoms with van der Waals surface area (Å²) in [5.41, 5.74) is 1.66. The molecule has 4 rings (SSSR count). The summed E-state index contributed by atoms with van der Waals surface area (Å²) in [5, 5.41) is 0. The largest absolute Gasteiger partial charge is 0.341 e. The molecular weight excluding hydrogens is 387 g/mol. The predicted molar refractivity (Wildman–Crippen MR) is 114 cm³/mol. The fraction of sp³-hybridized carbons (Fsp3) is 0.652. The standard InChI is InChI=1S/C23H31FN2O2S/c1-16-12-18(6-7-21(16)24)19-13-20(23(28)25-8-10-29-11-9-25)15-26(14-19)22(27)17-4-2-3-5-17/h6-7,12,17,19-20H,2-5,8-11,13-15H2,1H3/t19-,20-/m1/s1. The Morgan fingerprint density at radius 1 is 1.00 bits per heavy atom. The number of nitrogens with zero attached hydrogens (tertiary/aromatic N) is 2. The Labute approximate surface area is 177 Å². The average molecular weight is 419 g/mol. The highest BCUT2D eigenvalue weighted by Crippen LogP contribution is 2.35. The second-order valence-corrected chi connectivity index (χ2v) is 10.0. The third-order valence-corrected chi connectivity index (χ3v) is 7.73. The number of hydrogen-bond donors (Lipinski definition) is 0. The van der Waals surface area contributed by atoms with Crippen LogP contribution < -0.4 is 0 Å². The highest BCUT2D eigenvalue weighted by atomic mass is 32.2. The topological polar surface area (TPSA) is 40.6 Å². The summed E-state index contributed by atoms with van der Waals surface area (Å²) >= 11 is 1.89. The summed E-state index contributed by atoms with van der Waals surface area (Å²) in [5.74, 6) is 2.23. The molecule has 0 spiro atoms.